The number of nitrogens with one attached hydrogen (secondary N) is 1. The van der Waals surface area contributed by atoms with Gasteiger partial charge in [-0.25, -0.2) is 18.4 Å². The first kappa shape index (κ1) is 24.7. The summed E-state index contributed by atoms with van der Waals surface area (Å²) >= 11 is 6.01. The van der Waals surface area contributed by atoms with Gasteiger partial charge in [0.2, 0.25) is 11.9 Å². The van der Waals surface area contributed by atoms with Gasteiger partial charge in [0.1, 0.15) is 4.90 Å². The molecule has 4 rings (SSSR count). The minimum Gasteiger partial charge on any atom is -0.457 e. The topological polar surface area (TPSA) is 101 Å². The van der Waals surface area contributed by atoms with E-state index >= 15 is 0 Å². The number of rotatable bonds is 7. The Hall–Kier alpha value is -3.41. The number of hydrogen-bond acceptors (Lipinski definition) is 6. The molecule has 1 heterocycles. The van der Waals surface area contributed by atoms with E-state index in [1.165, 1.54) is 48.5 Å². The van der Waals surface area contributed by atoms with Crippen LogP contribution in [0.5, 0.6) is 5.88 Å². The van der Waals surface area contributed by atoms with Gasteiger partial charge in [-0.15, -0.1) is 0 Å². The first-order valence-corrected chi connectivity index (χ1v) is 11.9. The van der Waals surface area contributed by atoms with E-state index in [1.807, 2.05) is 0 Å². The minimum atomic E-state index is -4.88. The Labute approximate surface area is 203 Å². The minimum absolute atomic E-state index is 0.0895. The lowest BCUT2D eigenvalue weighted by atomic mass is 10.1. The summed E-state index contributed by atoms with van der Waals surface area (Å²) in [5.41, 5.74) is 0.560. The molecule has 0 bridgehead atoms. The largest absolute Gasteiger partial charge is 0.457 e. The van der Waals surface area contributed by atoms with E-state index in [0.29, 0.717) is 5.56 Å². The molecule has 7 nitrogen and oxygen atoms in total. The maximum absolute atomic E-state index is 14.0. The standard InChI is InChI=1S/C23H17ClF3N3O4S/c24-16-5-1-4-8-19(16)35(32,33)30-21-22(29-18-7-3-2-6-17(18)28-21)34-20(23(25,26)27)15-11-9-14(13-31)10-12-15/h1-12,20,31H,13H2,(H,28,30). The third-order valence-corrected chi connectivity index (χ3v) is 6.73. The molecular weight excluding hydrogens is 507 g/mol. The Morgan fingerprint density at radius 2 is 1.54 bits per heavy atom. The third kappa shape index (κ3) is 5.47. The molecular formula is C23H17ClF3N3O4S. The molecule has 0 spiro atoms. The summed E-state index contributed by atoms with van der Waals surface area (Å²) < 4.78 is 75.3. The molecule has 2 N–H and O–H groups in total. The van der Waals surface area contributed by atoms with Crippen molar-refractivity contribution in [1.82, 2.24) is 9.97 Å². The molecule has 0 radical (unpaired) electrons. The first-order valence-electron chi connectivity index (χ1n) is 10.1. The highest BCUT2D eigenvalue weighted by Gasteiger charge is 2.44. The van der Waals surface area contributed by atoms with Crippen LogP contribution in [0, 0.1) is 0 Å². The number of alkyl halides is 3. The van der Waals surface area contributed by atoms with Gasteiger partial charge in [-0.3, -0.25) is 4.72 Å². The van der Waals surface area contributed by atoms with Crippen LogP contribution in [-0.4, -0.2) is 29.7 Å². The molecule has 0 saturated carbocycles. The van der Waals surface area contributed by atoms with Crippen molar-refractivity contribution in [3.63, 3.8) is 0 Å². The number of para-hydroxylation sites is 2. The number of aliphatic hydroxyl groups excluding tert-OH is 1. The normalized spacial score (nSPS) is 12.9. The fourth-order valence-corrected chi connectivity index (χ4v) is 4.73. The van der Waals surface area contributed by atoms with Crippen molar-refractivity contribution in [3.8, 4) is 5.88 Å². The van der Waals surface area contributed by atoms with Crippen LogP contribution < -0.4 is 9.46 Å². The molecule has 1 unspecified atom stereocenters. The summed E-state index contributed by atoms with van der Waals surface area (Å²) in [5.74, 6) is -1.21. The van der Waals surface area contributed by atoms with Gasteiger partial charge in [0.25, 0.3) is 15.9 Å². The molecule has 0 saturated heterocycles. The summed E-state index contributed by atoms with van der Waals surface area (Å²) in [5, 5.41) is 9.08. The van der Waals surface area contributed by atoms with Crippen LogP contribution in [0.4, 0.5) is 19.0 Å². The van der Waals surface area contributed by atoms with Gasteiger partial charge in [-0.2, -0.15) is 13.2 Å². The molecule has 35 heavy (non-hydrogen) atoms. The second-order valence-electron chi connectivity index (χ2n) is 7.34. The highest BCUT2D eigenvalue weighted by Crippen LogP contribution is 2.39. The Bertz CT molecular complexity index is 1470. The van der Waals surface area contributed by atoms with Crippen LogP contribution >= 0.6 is 11.6 Å². The van der Waals surface area contributed by atoms with E-state index in [4.69, 9.17) is 16.3 Å². The van der Waals surface area contributed by atoms with Crippen molar-refractivity contribution in [2.24, 2.45) is 0 Å². The highest BCUT2D eigenvalue weighted by molar-refractivity contribution is 7.92. The van der Waals surface area contributed by atoms with Gasteiger partial charge < -0.3 is 9.84 Å². The molecule has 1 atom stereocenters. The second-order valence-corrected chi connectivity index (χ2v) is 9.40. The van der Waals surface area contributed by atoms with E-state index in [0.717, 1.165) is 12.1 Å². The monoisotopic (exact) mass is 523 g/mol. The van der Waals surface area contributed by atoms with Gasteiger partial charge in [0, 0.05) is 5.56 Å². The average Bonchev–Trinajstić information content (AvgIpc) is 2.82. The van der Waals surface area contributed by atoms with E-state index in [1.54, 1.807) is 12.1 Å². The smallest absolute Gasteiger partial charge is 0.429 e. The lowest BCUT2D eigenvalue weighted by Crippen LogP contribution is -2.27. The van der Waals surface area contributed by atoms with Crippen LogP contribution in [0.25, 0.3) is 11.0 Å². The van der Waals surface area contributed by atoms with E-state index < -0.39 is 34.0 Å². The lowest BCUT2D eigenvalue weighted by molar-refractivity contribution is -0.198. The summed E-state index contributed by atoms with van der Waals surface area (Å²) in [6.07, 6.45) is -7.37. The number of anilines is 1. The first-order chi connectivity index (χ1) is 16.6. The zero-order valence-electron chi connectivity index (χ0n) is 17.7. The Morgan fingerprint density at radius 3 is 2.14 bits per heavy atom. The summed E-state index contributed by atoms with van der Waals surface area (Å²) in [7, 11) is -4.35. The van der Waals surface area contributed by atoms with Gasteiger partial charge in [-0.1, -0.05) is 60.1 Å². The predicted molar refractivity (Wildman–Crippen MR) is 124 cm³/mol. The van der Waals surface area contributed by atoms with Crippen LogP contribution in [0.3, 0.4) is 0 Å². The number of fused-ring (bicyclic) bond motifs is 1. The van der Waals surface area contributed by atoms with E-state index in [9.17, 15) is 26.7 Å². The number of halogens is 4. The quantitative estimate of drug-likeness (QED) is 0.343. The molecule has 0 aliphatic rings. The van der Waals surface area contributed by atoms with Crippen LogP contribution in [0.15, 0.2) is 77.7 Å². The number of benzene rings is 3. The zero-order valence-corrected chi connectivity index (χ0v) is 19.3. The number of nitrogens with zero attached hydrogens (tertiary/aromatic N) is 2. The maximum atomic E-state index is 14.0. The van der Waals surface area contributed by atoms with Crippen LogP contribution in [0.2, 0.25) is 5.02 Å². The van der Waals surface area contributed by atoms with Gasteiger partial charge in [0.05, 0.1) is 22.7 Å². The summed E-state index contributed by atoms with van der Waals surface area (Å²) in [4.78, 5) is 7.96. The number of hydrogen-bond donors (Lipinski definition) is 2. The van der Waals surface area contributed by atoms with Crippen molar-refractivity contribution in [2.75, 3.05) is 4.72 Å². The number of aromatic nitrogens is 2. The van der Waals surface area contributed by atoms with Crippen molar-refractivity contribution in [2.45, 2.75) is 23.8 Å². The second kappa shape index (κ2) is 9.68. The molecule has 0 aliphatic carbocycles. The fraction of sp³-hybridized carbons (Fsp3) is 0.130. The van der Waals surface area contributed by atoms with Crippen molar-refractivity contribution in [1.29, 1.82) is 0 Å². The van der Waals surface area contributed by atoms with Gasteiger partial charge >= 0.3 is 6.18 Å². The third-order valence-electron chi connectivity index (χ3n) is 4.89. The number of sulfonamides is 1. The van der Waals surface area contributed by atoms with Gasteiger partial charge in [0.15, 0.2) is 0 Å². The SMILES string of the molecule is O=S(=O)(Nc1nc2ccccc2nc1OC(c1ccc(CO)cc1)C(F)(F)F)c1ccccc1Cl. The summed E-state index contributed by atoms with van der Waals surface area (Å²) in [6, 6.07) is 16.8. The lowest BCUT2D eigenvalue weighted by Gasteiger charge is -2.23. The Morgan fingerprint density at radius 1 is 0.943 bits per heavy atom. The highest BCUT2D eigenvalue weighted by atomic mass is 35.5. The molecule has 0 amide bonds. The van der Waals surface area contributed by atoms with Crippen LogP contribution in [0.1, 0.15) is 17.2 Å². The van der Waals surface area contributed by atoms with Crippen molar-refractivity contribution in [3.05, 3.63) is 88.9 Å². The molecule has 182 valence electrons. The Balaban J connectivity index is 1.81. The van der Waals surface area contributed by atoms with Crippen molar-refractivity contribution < 1.29 is 31.4 Å². The van der Waals surface area contributed by atoms with Crippen LogP contribution in [-0.2, 0) is 16.6 Å². The molecule has 0 fully saturated rings. The predicted octanol–water partition coefficient (Wildman–Crippen LogP) is 5.26. The van der Waals surface area contributed by atoms with Gasteiger partial charge in [-0.05, 0) is 29.8 Å². The molecule has 4 aromatic rings. The fourth-order valence-electron chi connectivity index (χ4n) is 3.21. The number of ether oxygens (including phenoxy) is 1. The summed E-state index contributed by atoms with van der Waals surface area (Å²) in [6.45, 7) is -0.345. The maximum Gasteiger partial charge on any atom is 0.429 e. The molecule has 12 heteroatoms. The molecule has 1 aromatic heterocycles. The Kier molecular flexibility index (Phi) is 6.84. The van der Waals surface area contributed by atoms with Crippen molar-refractivity contribution >= 4 is 38.5 Å². The number of aliphatic hydroxyl groups is 1. The molecule has 0 aliphatic heterocycles. The zero-order chi connectivity index (χ0) is 25.2. The van der Waals surface area contributed by atoms with E-state index in [-0.39, 0.29) is 33.1 Å². The van der Waals surface area contributed by atoms with E-state index in [2.05, 4.69) is 14.7 Å². The average molecular weight is 524 g/mol. The molecule has 3 aromatic carbocycles.